The Morgan fingerprint density at radius 1 is 0.913 bits per heavy atom. The maximum atomic E-state index is 12.4. The lowest BCUT2D eigenvalue weighted by Gasteiger charge is -2.24. The van der Waals surface area contributed by atoms with E-state index in [-0.39, 0.29) is 11.1 Å². The van der Waals surface area contributed by atoms with Crippen molar-refractivity contribution in [1.29, 1.82) is 0 Å². The van der Waals surface area contributed by atoms with Gasteiger partial charge >= 0.3 is 0 Å². The van der Waals surface area contributed by atoms with Crippen molar-refractivity contribution in [2.24, 2.45) is 0 Å². The van der Waals surface area contributed by atoms with Gasteiger partial charge in [-0.1, -0.05) is 18.2 Å². The molecule has 0 bridgehead atoms. The molecule has 0 spiro atoms. The van der Waals surface area contributed by atoms with E-state index < -0.39 is 23.9 Å². The number of hydrogen-bond donors (Lipinski definition) is 1. The fourth-order valence-electron chi connectivity index (χ4n) is 2.51. The standard InChI is InChI=1S/C17H14N2O4/c1-18-16(22)12-7-9-14(20)19(11-5-3-2-4-6-11)15(21)10-8-13(12)17(18)23/h2-10,14,20H,1H3/b9-7+,10-8+. The molecule has 3 amide bonds. The minimum absolute atomic E-state index is 0.143. The van der Waals surface area contributed by atoms with E-state index in [9.17, 15) is 19.5 Å². The van der Waals surface area contributed by atoms with Crippen LogP contribution in [-0.2, 0) is 14.4 Å². The van der Waals surface area contributed by atoms with Crippen molar-refractivity contribution < 1.29 is 19.5 Å². The van der Waals surface area contributed by atoms with Crippen LogP contribution in [0.2, 0.25) is 0 Å². The highest BCUT2D eigenvalue weighted by Gasteiger charge is 2.34. The van der Waals surface area contributed by atoms with E-state index >= 15 is 0 Å². The molecule has 0 saturated carbocycles. The van der Waals surface area contributed by atoms with Crippen LogP contribution >= 0.6 is 0 Å². The van der Waals surface area contributed by atoms with Crippen LogP contribution in [0.3, 0.4) is 0 Å². The number of imide groups is 1. The van der Waals surface area contributed by atoms with Crippen LogP contribution in [0.25, 0.3) is 0 Å². The average molecular weight is 310 g/mol. The number of anilines is 1. The van der Waals surface area contributed by atoms with Crippen molar-refractivity contribution in [3.05, 3.63) is 65.8 Å². The molecule has 2 heterocycles. The minimum Gasteiger partial charge on any atom is -0.369 e. The van der Waals surface area contributed by atoms with E-state index in [0.29, 0.717) is 5.69 Å². The molecule has 116 valence electrons. The Balaban J connectivity index is 2.05. The molecule has 3 rings (SSSR count). The SMILES string of the molecule is CN1C(=O)C2=C(/C=C/C(O)N(c3ccccc3)C(=O)/C=C/2)C1=O. The number of carbonyl (C=O) groups is 3. The summed E-state index contributed by atoms with van der Waals surface area (Å²) in [6.07, 6.45) is 3.94. The smallest absolute Gasteiger partial charge is 0.261 e. The molecule has 0 aliphatic carbocycles. The number of carbonyl (C=O) groups excluding carboxylic acids is 3. The summed E-state index contributed by atoms with van der Waals surface area (Å²) in [6, 6.07) is 8.66. The molecule has 0 saturated heterocycles. The number of nitrogens with zero attached hydrogens (tertiary/aromatic N) is 2. The Hall–Kier alpha value is -2.99. The summed E-state index contributed by atoms with van der Waals surface area (Å²) in [6.45, 7) is 0. The van der Waals surface area contributed by atoms with Gasteiger partial charge in [-0.2, -0.15) is 0 Å². The quantitative estimate of drug-likeness (QED) is 0.777. The number of rotatable bonds is 1. The second-order valence-electron chi connectivity index (χ2n) is 5.15. The van der Waals surface area contributed by atoms with Gasteiger partial charge in [0.15, 0.2) is 6.23 Å². The summed E-state index contributed by atoms with van der Waals surface area (Å²) >= 11 is 0. The fourth-order valence-corrected chi connectivity index (χ4v) is 2.51. The zero-order valence-corrected chi connectivity index (χ0v) is 12.3. The van der Waals surface area contributed by atoms with Gasteiger partial charge in [-0.3, -0.25) is 24.2 Å². The monoisotopic (exact) mass is 310 g/mol. The van der Waals surface area contributed by atoms with Gasteiger partial charge in [0, 0.05) is 18.8 Å². The van der Waals surface area contributed by atoms with Crippen molar-refractivity contribution in [2.75, 3.05) is 11.9 Å². The lowest BCUT2D eigenvalue weighted by molar-refractivity contribution is -0.135. The molecule has 0 radical (unpaired) electrons. The third-order valence-corrected chi connectivity index (χ3v) is 3.72. The summed E-state index contributed by atoms with van der Waals surface area (Å²) in [5.41, 5.74) is 0.816. The molecule has 6 heteroatoms. The van der Waals surface area contributed by atoms with Crippen molar-refractivity contribution in [3.8, 4) is 0 Å². The summed E-state index contributed by atoms with van der Waals surface area (Å²) in [7, 11) is 1.37. The van der Waals surface area contributed by atoms with Crippen molar-refractivity contribution in [1.82, 2.24) is 4.90 Å². The molecule has 2 aliphatic heterocycles. The van der Waals surface area contributed by atoms with Crippen molar-refractivity contribution in [2.45, 2.75) is 6.23 Å². The molecule has 0 fully saturated rings. The van der Waals surface area contributed by atoms with Crippen LogP contribution in [0, 0.1) is 0 Å². The maximum absolute atomic E-state index is 12.4. The van der Waals surface area contributed by atoms with Crippen LogP contribution in [0.5, 0.6) is 0 Å². The predicted molar refractivity (Wildman–Crippen MR) is 83.0 cm³/mol. The van der Waals surface area contributed by atoms with Gasteiger partial charge in [-0.25, -0.2) is 0 Å². The van der Waals surface area contributed by atoms with Gasteiger partial charge in [0.2, 0.25) is 0 Å². The first-order valence-electron chi connectivity index (χ1n) is 7.00. The van der Waals surface area contributed by atoms with Crippen LogP contribution in [0.4, 0.5) is 5.69 Å². The van der Waals surface area contributed by atoms with Gasteiger partial charge in [0.05, 0.1) is 11.1 Å². The highest BCUT2D eigenvalue weighted by atomic mass is 16.3. The second-order valence-corrected chi connectivity index (χ2v) is 5.15. The Bertz CT molecular complexity index is 777. The number of aliphatic hydroxyl groups is 1. The normalized spacial score (nSPS) is 24.3. The van der Waals surface area contributed by atoms with Crippen molar-refractivity contribution >= 4 is 23.4 Å². The molecular weight excluding hydrogens is 296 g/mol. The predicted octanol–water partition coefficient (Wildman–Crippen LogP) is 0.759. The Labute approximate surface area is 132 Å². The lowest BCUT2D eigenvalue weighted by Crippen LogP contribution is -2.38. The van der Waals surface area contributed by atoms with Gasteiger partial charge in [0.1, 0.15) is 0 Å². The van der Waals surface area contributed by atoms with Gasteiger partial charge in [0.25, 0.3) is 17.7 Å². The maximum Gasteiger partial charge on any atom is 0.261 e. The van der Waals surface area contributed by atoms with E-state index in [2.05, 4.69) is 0 Å². The summed E-state index contributed by atoms with van der Waals surface area (Å²) < 4.78 is 0. The Morgan fingerprint density at radius 2 is 1.52 bits per heavy atom. The van der Waals surface area contributed by atoms with Crippen molar-refractivity contribution in [3.63, 3.8) is 0 Å². The number of amides is 3. The Kier molecular flexibility index (Phi) is 3.67. The van der Waals surface area contributed by atoms with Crippen LogP contribution in [0.1, 0.15) is 0 Å². The third kappa shape index (κ3) is 2.49. The summed E-state index contributed by atoms with van der Waals surface area (Å²) in [5.74, 6) is -1.42. The topological polar surface area (TPSA) is 77.9 Å². The third-order valence-electron chi connectivity index (χ3n) is 3.72. The second kappa shape index (κ2) is 5.66. The van der Waals surface area contributed by atoms with Crippen LogP contribution < -0.4 is 4.90 Å². The van der Waals surface area contributed by atoms with E-state index in [0.717, 1.165) is 4.90 Å². The molecule has 0 aromatic heterocycles. The van der Waals surface area contributed by atoms with E-state index in [4.69, 9.17) is 0 Å². The minimum atomic E-state index is -1.25. The molecule has 1 atom stereocenters. The number of likely N-dealkylation sites (N-methyl/N-ethyl adjacent to an activating group) is 1. The number of aliphatic hydroxyl groups excluding tert-OH is 1. The van der Waals surface area contributed by atoms with Crippen LogP contribution in [0.15, 0.2) is 65.8 Å². The molecule has 1 unspecified atom stereocenters. The fraction of sp³-hybridized carbons (Fsp3) is 0.118. The van der Waals surface area contributed by atoms with Gasteiger partial charge in [-0.05, 0) is 30.4 Å². The first-order chi connectivity index (χ1) is 11.0. The highest BCUT2D eigenvalue weighted by molar-refractivity contribution is 6.22. The highest BCUT2D eigenvalue weighted by Crippen LogP contribution is 2.25. The summed E-state index contributed by atoms with van der Waals surface area (Å²) in [4.78, 5) is 38.6. The van der Waals surface area contributed by atoms with E-state index in [1.807, 2.05) is 0 Å². The largest absolute Gasteiger partial charge is 0.369 e. The number of para-hydroxylation sites is 1. The Morgan fingerprint density at radius 3 is 2.17 bits per heavy atom. The van der Waals surface area contributed by atoms with Gasteiger partial charge < -0.3 is 5.11 Å². The van der Waals surface area contributed by atoms with E-state index in [1.54, 1.807) is 30.3 Å². The molecule has 1 N–H and O–H groups in total. The number of hydrogen-bond acceptors (Lipinski definition) is 4. The van der Waals surface area contributed by atoms with Gasteiger partial charge in [-0.15, -0.1) is 0 Å². The lowest BCUT2D eigenvalue weighted by atomic mass is 10.1. The van der Waals surface area contributed by atoms with E-state index in [1.165, 1.54) is 36.3 Å². The molecule has 1 aromatic carbocycles. The summed E-state index contributed by atoms with van der Waals surface area (Å²) in [5, 5.41) is 10.3. The zero-order chi connectivity index (χ0) is 16.6. The first-order valence-corrected chi connectivity index (χ1v) is 7.00. The zero-order valence-electron chi connectivity index (χ0n) is 12.3. The average Bonchev–Trinajstić information content (AvgIpc) is 2.78. The number of benzene rings is 1. The molecule has 1 aromatic rings. The first kappa shape index (κ1) is 14.9. The molecule has 6 nitrogen and oxygen atoms in total. The molecule has 2 aliphatic rings. The molecular formula is C17H14N2O4. The molecule has 23 heavy (non-hydrogen) atoms. The van der Waals surface area contributed by atoms with Crippen LogP contribution in [-0.4, -0.2) is 41.0 Å².